The number of ether oxygens (including phenoxy) is 2. The maximum atomic E-state index is 12.4. The smallest absolute Gasteiger partial charge is 0.412 e. The van der Waals surface area contributed by atoms with Gasteiger partial charge in [-0.25, -0.2) is 9.59 Å². The lowest BCUT2D eigenvalue weighted by Crippen LogP contribution is -2.49. The van der Waals surface area contributed by atoms with Crippen molar-refractivity contribution in [2.75, 3.05) is 11.9 Å². The van der Waals surface area contributed by atoms with Crippen molar-refractivity contribution in [3.8, 4) is 0 Å². The van der Waals surface area contributed by atoms with Crippen molar-refractivity contribution < 1.29 is 23.9 Å². The second-order valence-electron chi connectivity index (χ2n) is 8.21. The first-order valence-electron chi connectivity index (χ1n) is 9.65. The number of amides is 2. The van der Waals surface area contributed by atoms with Crippen molar-refractivity contribution in [2.24, 2.45) is 0 Å². The molecule has 0 unspecified atom stereocenters. The Labute approximate surface area is 166 Å². The summed E-state index contributed by atoms with van der Waals surface area (Å²) in [6, 6.07) is 6.55. The number of carbonyl (C=O) groups excluding carboxylic acids is 3. The second-order valence-corrected chi connectivity index (χ2v) is 8.21. The highest BCUT2D eigenvalue weighted by Crippen LogP contribution is 2.22. The number of hydrogen-bond acceptors (Lipinski definition) is 5. The van der Waals surface area contributed by atoms with Gasteiger partial charge >= 0.3 is 12.1 Å². The highest BCUT2D eigenvalue weighted by Gasteiger charge is 2.29. The van der Waals surface area contributed by atoms with E-state index in [1.807, 2.05) is 18.7 Å². The first kappa shape index (κ1) is 21.7. The van der Waals surface area contributed by atoms with E-state index in [0.29, 0.717) is 11.3 Å². The Bertz CT molecular complexity index is 699. The molecule has 1 aliphatic rings. The molecule has 1 aliphatic heterocycles. The van der Waals surface area contributed by atoms with Gasteiger partial charge in [-0.3, -0.25) is 10.1 Å². The number of piperidine rings is 1. The van der Waals surface area contributed by atoms with Crippen LogP contribution in [0.5, 0.6) is 0 Å². The SMILES string of the molecule is C[C@H]1CCC[C@H](C)N1C(=O)COC(=O)c1ccc(NC(=O)OC(C)(C)C)cc1. The van der Waals surface area contributed by atoms with Crippen molar-refractivity contribution in [2.45, 2.75) is 71.6 Å². The molecular formula is C21H30N2O5. The third-order valence-corrected chi connectivity index (χ3v) is 4.57. The fourth-order valence-corrected chi connectivity index (χ4v) is 3.31. The molecular weight excluding hydrogens is 360 g/mol. The Morgan fingerprint density at radius 2 is 1.64 bits per heavy atom. The highest BCUT2D eigenvalue weighted by atomic mass is 16.6. The van der Waals surface area contributed by atoms with Crippen LogP contribution in [0.1, 0.15) is 64.2 Å². The van der Waals surface area contributed by atoms with Gasteiger partial charge in [0, 0.05) is 17.8 Å². The first-order chi connectivity index (χ1) is 13.1. The van der Waals surface area contributed by atoms with Crippen molar-refractivity contribution in [3.63, 3.8) is 0 Å². The minimum absolute atomic E-state index is 0.160. The lowest BCUT2D eigenvalue weighted by atomic mass is 9.97. The van der Waals surface area contributed by atoms with E-state index in [9.17, 15) is 14.4 Å². The van der Waals surface area contributed by atoms with Crippen LogP contribution in [-0.4, -0.2) is 47.2 Å². The molecule has 154 valence electrons. The van der Waals surface area contributed by atoms with Gasteiger partial charge in [-0.1, -0.05) is 0 Å². The second kappa shape index (κ2) is 9.08. The van der Waals surface area contributed by atoms with Gasteiger partial charge in [-0.05, 0) is 78.1 Å². The molecule has 1 aromatic rings. The minimum atomic E-state index is -0.594. The molecule has 1 heterocycles. The van der Waals surface area contributed by atoms with Crippen LogP contribution >= 0.6 is 0 Å². The number of hydrogen-bond donors (Lipinski definition) is 1. The Morgan fingerprint density at radius 1 is 1.07 bits per heavy atom. The van der Waals surface area contributed by atoms with Crippen LogP contribution in [0.4, 0.5) is 10.5 Å². The third kappa shape index (κ3) is 6.25. The van der Waals surface area contributed by atoms with Gasteiger partial charge in [0.1, 0.15) is 5.60 Å². The monoisotopic (exact) mass is 390 g/mol. The van der Waals surface area contributed by atoms with Gasteiger partial charge in [0.25, 0.3) is 5.91 Å². The van der Waals surface area contributed by atoms with Crippen molar-refractivity contribution in [3.05, 3.63) is 29.8 Å². The topological polar surface area (TPSA) is 84.9 Å². The Hall–Kier alpha value is -2.57. The normalized spacial score (nSPS) is 19.7. The van der Waals surface area contributed by atoms with E-state index in [2.05, 4.69) is 5.32 Å². The Balaban J connectivity index is 1.87. The fraction of sp³-hybridized carbons (Fsp3) is 0.571. The number of nitrogens with zero attached hydrogens (tertiary/aromatic N) is 1. The summed E-state index contributed by atoms with van der Waals surface area (Å²) in [6.45, 7) is 9.10. The van der Waals surface area contributed by atoms with Crippen LogP contribution in [0.15, 0.2) is 24.3 Å². The van der Waals surface area contributed by atoms with Crippen LogP contribution in [0, 0.1) is 0 Å². The number of nitrogens with one attached hydrogen (secondary N) is 1. The number of rotatable bonds is 4. The van der Waals surface area contributed by atoms with Gasteiger partial charge in [-0.2, -0.15) is 0 Å². The van der Waals surface area contributed by atoms with E-state index in [-0.39, 0.29) is 24.6 Å². The van der Waals surface area contributed by atoms with Gasteiger partial charge in [-0.15, -0.1) is 0 Å². The van der Waals surface area contributed by atoms with E-state index in [1.165, 1.54) is 12.1 Å². The molecule has 0 aliphatic carbocycles. The number of anilines is 1. The molecule has 0 radical (unpaired) electrons. The molecule has 7 heteroatoms. The number of carbonyl (C=O) groups is 3. The van der Waals surface area contributed by atoms with Crippen molar-refractivity contribution >= 4 is 23.7 Å². The maximum absolute atomic E-state index is 12.4. The van der Waals surface area contributed by atoms with E-state index in [0.717, 1.165) is 19.3 Å². The first-order valence-corrected chi connectivity index (χ1v) is 9.65. The van der Waals surface area contributed by atoms with E-state index in [4.69, 9.17) is 9.47 Å². The van der Waals surface area contributed by atoms with Crippen LogP contribution in [-0.2, 0) is 14.3 Å². The van der Waals surface area contributed by atoms with Gasteiger partial charge in [0.15, 0.2) is 6.61 Å². The molecule has 2 rings (SSSR count). The summed E-state index contributed by atoms with van der Waals surface area (Å²) in [6.07, 6.45) is 2.47. The summed E-state index contributed by atoms with van der Waals surface area (Å²) in [5.41, 5.74) is 0.212. The molecule has 1 aromatic carbocycles. The van der Waals surface area contributed by atoms with E-state index >= 15 is 0 Å². The predicted octanol–water partition coefficient (Wildman–Crippen LogP) is 3.98. The van der Waals surface area contributed by atoms with Crippen LogP contribution in [0.2, 0.25) is 0 Å². The molecule has 1 saturated heterocycles. The molecule has 28 heavy (non-hydrogen) atoms. The molecule has 1 fully saturated rings. The third-order valence-electron chi connectivity index (χ3n) is 4.57. The zero-order valence-electron chi connectivity index (χ0n) is 17.3. The van der Waals surface area contributed by atoms with Crippen molar-refractivity contribution in [1.29, 1.82) is 0 Å². The maximum Gasteiger partial charge on any atom is 0.412 e. The average Bonchev–Trinajstić information content (AvgIpc) is 2.58. The van der Waals surface area contributed by atoms with Crippen molar-refractivity contribution in [1.82, 2.24) is 4.90 Å². The molecule has 2 amide bonds. The molecule has 7 nitrogen and oxygen atoms in total. The molecule has 0 bridgehead atoms. The molecule has 2 atom stereocenters. The van der Waals surface area contributed by atoms with E-state index in [1.54, 1.807) is 32.9 Å². The predicted molar refractivity (Wildman–Crippen MR) is 106 cm³/mol. The zero-order valence-corrected chi connectivity index (χ0v) is 17.3. The Kier molecular flexibility index (Phi) is 7.05. The van der Waals surface area contributed by atoms with Crippen LogP contribution in [0.25, 0.3) is 0 Å². The highest BCUT2D eigenvalue weighted by molar-refractivity contribution is 5.92. The van der Waals surface area contributed by atoms with Crippen LogP contribution < -0.4 is 5.32 Å². The molecule has 0 saturated carbocycles. The fourth-order valence-electron chi connectivity index (χ4n) is 3.31. The summed E-state index contributed by atoms with van der Waals surface area (Å²) < 4.78 is 10.4. The van der Waals surface area contributed by atoms with Gasteiger partial charge < -0.3 is 14.4 Å². The number of likely N-dealkylation sites (tertiary alicyclic amines) is 1. The largest absolute Gasteiger partial charge is 0.452 e. The summed E-state index contributed by atoms with van der Waals surface area (Å²) in [5.74, 6) is -0.745. The zero-order chi connectivity index (χ0) is 20.9. The standard InChI is InChI=1S/C21H30N2O5/c1-14-7-6-8-15(2)23(14)18(24)13-27-19(25)16-9-11-17(12-10-16)22-20(26)28-21(3,4)5/h9-12,14-15H,6-8,13H2,1-5H3,(H,22,26)/t14-,15-/m0/s1. The molecule has 1 N–H and O–H groups in total. The quantitative estimate of drug-likeness (QED) is 0.786. The summed E-state index contributed by atoms with van der Waals surface area (Å²) in [4.78, 5) is 38.2. The van der Waals surface area contributed by atoms with Gasteiger partial charge in [0.05, 0.1) is 5.56 Å². The number of benzene rings is 1. The van der Waals surface area contributed by atoms with E-state index < -0.39 is 17.7 Å². The molecule has 0 aromatic heterocycles. The summed E-state index contributed by atoms with van der Waals surface area (Å²) in [5, 5.41) is 2.59. The summed E-state index contributed by atoms with van der Waals surface area (Å²) in [7, 11) is 0. The minimum Gasteiger partial charge on any atom is -0.452 e. The summed E-state index contributed by atoms with van der Waals surface area (Å²) >= 11 is 0. The number of esters is 1. The lowest BCUT2D eigenvalue weighted by Gasteiger charge is -2.38. The Morgan fingerprint density at radius 3 is 2.18 bits per heavy atom. The lowest BCUT2D eigenvalue weighted by molar-refractivity contribution is -0.140. The molecule has 0 spiro atoms. The van der Waals surface area contributed by atoms with Gasteiger partial charge in [0.2, 0.25) is 0 Å². The average molecular weight is 390 g/mol. The van der Waals surface area contributed by atoms with Crippen LogP contribution in [0.3, 0.4) is 0 Å².